The van der Waals surface area contributed by atoms with Gasteiger partial charge in [-0.1, -0.05) is 18.0 Å². The van der Waals surface area contributed by atoms with Gasteiger partial charge in [-0.3, -0.25) is 4.79 Å². The molecule has 0 radical (unpaired) electrons. The van der Waals surface area contributed by atoms with Crippen molar-refractivity contribution in [1.82, 2.24) is 10.1 Å². The smallest absolute Gasteiger partial charge is 0.261 e. The van der Waals surface area contributed by atoms with Gasteiger partial charge in [0, 0.05) is 12.3 Å². The molecule has 20 heavy (non-hydrogen) atoms. The standard InChI is InChI=1S/C13H18F2N2O3/c14-11(15)8-19-6-5-12-16-13(20-17-12)7-10(18)9-3-1-2-4-9/h9,11H,1-8H2. The Morgan fingerprint density at radius 1 is 1.40 bits per heavy atom. The van der Waals surface area contributed by atoms with E-state index in [0.29, 0.717) is 18.1 Å². The minimum atomic E-state index is -2.47. The summed E-state index contributed by atoms with van der Waals surface area (Å²) in [6.07, 6.45) is 2.09. The van der Waals surface area contributed by atoms with E-state index in [1.807, 2.05) is 0 Å². The molecule has 1 saturated carbocycles. The number of hydrogen-bond acceptors (Lipinski definition) is 5. The molecule has 7 heteroatoms. The Morgan fingerprint density at radius 2 is 2.15 bits per heavy atom. The number of hydrogen-bond donors (Lipinski definition) is 0. The number of carbonyl (C=O) groups is 1. The average Bonchev–Trinajstić information content (AvgIpc) is 3.05. The van der Waals surface area contributed by atoms with Gasteiger partial charge in [0.25, 0.3) is 6.43 Å². The maximum Gasteiger partial charge on any atom is 0.261 e. The van der Waals surface area contributed by atoms with E-state index in [-0.39, 0.29) is 24.7 Å². The Hall–Kier alpha value is -1.37. The van der Waals surface area contributed by atoms with Gasteiger partial charge in [0.05, 0.1) is 13.0 Å². The second-order valence-corrected chi connectivity index (χ2v) is 4.94. The zero-order valence-corrected chi connectivity index (χ0v) is 11.2. The lowest BCUT2D eigenvalue weighted by atomic mass is 10.0. The van der Waals surface area contributed by atoms with Gasteiger partial charge >= 0.3 is 0 Å². The lowest BCUT2D eigenvalue weighted by Gasteiger charge is -2.04. The van der Waals surface area contributed by atoms with Crippen molar-refractivity contribution < 1.29 is 22.8 Å². The molecule has 0 saturated heterocycles. The number of Topliss-reactive ketones (excluding diaryl/α,β-unsaturated/α-hetero) is 1. The molecule has 0 aromatic carbocycles. The highest BCUT2D eigenvalue weighted by molar-refractivity contribution is 5.82. The van der Waals surface area contributed by atoms with Crippen LogP contribution in [0.5, 0.6) is 0 Å². The van der Waals surface area contributed by atoms with Crippen molar-refractivity contribution in [2.24, 2.45) is 5.92 Å². The summed E-state index contributed by atoms with van der Waals surface area (Å²) in [4.78, 5) is 16.0. The minimum absolute atomic E-state index is 0.111. The van der Waals surface area contributed by atoms with Gasteiger partial charge in [0.15, 0.2) is 5.82 Å². The van der Waals surface area contributed by atoms with E-state index in [9.17, 15) is 13.6 Å². The highest BCUT2D eigenvalue weighted by Gasteiger charge is 2.24. The number of aromatic nitrogens is 2. The molecule has 0 bridgehead atoms. The summed E-state index contributed by atoms with van der Waals surface area (Å²) in [7, 11) is 0. The van der Waals surface area contributed by atoms with Crippen LogP contribution in [0.25, 0.3) is 0 Å². The Morgan fingerprint density at radius 3 is 2.85 bits per heavy atom. The van der Waals surface area contributed by atoms with E-state index in [2.05, 4.69) is 10.1 Å². The number of ether oxygens (including phenoxy) is 1. The lowest BCUT2D eigenvalue weighted by Crippen LogP contribution is -2.13. The number of halogens is 2. The molecule has 0 aliphatic heterocycles. The summed E-state index contributed by atoms with van der Waals surface area (Å²) < 4.78 is 33.4. The zero-order valence-electron chi connectivity index (χ0n) is 11.2. The zero-order chi connectivity index (χ0) is 14.4. The predicted octanol–water partition coefficient (Wildman–Crippen LogP) is 2.20. The molecule has 0 N–H and O–H groups in total. The third kappa shape index (κ3) is 4.63. The Labute approximate surface area is 115 Å². The monoisotopic (exact) mass is 288 g/mol. The van der Waals surface area contributed by atoms with Crippen LogP contribution in [0.3, 0.4) is 0 Å². The molecule has 1 aliphatic rings. The molecule has 2 rings (SSSR count). The molecule has 0 atom stereocenters. The first-order valence-electron chi connectivity index (χ1n) is 6.85. The summed E-state index contributed by atoms with van der Waals surface area (Å²) in [6.45, 7) is -0.481. The van der Waals surface area contributed by atoms with Gasteiger partial charge in [-0.05, 0) is 12.8 Å². The third-order valence-corrected chi connectivity index (χ3v) is 3.36. The van der Waals surface area contributed by atoms with E-state index in [1.165, 1.54) is 0 Å². The molecule has 5 nitrogen and oxygen atoms in total. The van der Waals surface area contributed by atoms with Crippen molar-refractivity contribution in [3.05, 3.63) is 11.7 Å². The number of alkyl halides is 2. The van der Waals surface area contributed by atoms with Crippen LogP contribution in [0.1, 0.15) is 37.4 Å². The minimum Gasteiger partial charge on any atom is -0.375 e. The fourth-order valence-electron chi connectivity index (χ4n) is 2.34. The van der Waals surface area contributed by atoms with Crippen molar-refractivity contribution in [2.45, 2.75) is 45.0 Å². The molecule has 1 aromatic heterocycles. The van der Waals surface area contributed by atoms with Gasteiger partial charge in [-0.25, -0.2) is 8.78 Å². The van der Waals surface area contributed by atoms with Crippen LogP contribution < -0.4 is 0 Å². The topological polar surface area (TPSA) is 65.2 Å². The van der Waals surface area contributed by atoms with Crippen molar-refractivity contribution in [1.29, 1.82) is 0 Å². The van der Waals surface area contributed by atoms with Gasteiger partial charge in [-0.15, -0.1) is 0 Å². The van der Waals surface area contributed by atoms with Gasteiger partial charge in [0.1, 0.15) is 12.4 Å². The lowest BCUT2D eigenvalue weighted by molar-refractivity contribution is -0.122. The molecule has 1 aromatic rings. The number of carbonyl (C=O) groups excluding carboxylic acids is 1. The van der Waals surface area contributed by atoms with Crippen LogP contribution in [-0.2, 0) is 22.4 Å². The fraction of sp³-hybridized carbons (Fsp3) is 0.769. The molecule has 0 unspecified atom stereocenters. The van der Waals surface area contributed by atoms with E-state index in [1.54, 1.807) is 0 Å². The molecule has 0 amide bonds. The SMILES string of the molecule is O=C(Cc1nc(CCOCC(F)F)no1)C1CCCC1. The van der Waals surface area contributed by atoms with Gasteiger partial charge in [-0.2, -0.15) is 4.98 Å². The maximum atomic E-state index is 11.9. The van der Waals surface area contributed by atoms with Crippen LogP contribution in [0, 0.1) is 5.92 Å². The second-order valence-electron chi connectivity index (χ2n) is 4.94. The summed E-state index contributed by atoms with van der Waals surface area (Å²) in [5.74, 6) is 0.950. The number of nitrogens with zero attached hydrogens (tertiary/aromatic N) is 2. The first kappa shape index (κ1) is 15.0. The van der Waals surface area contributed by atoms with E-state index < -0.39 is 13.0 Å². The molecular formula is C13H18F2N2O3. The van der Waals surface area contributed by atoms with Crippen LogP contribution in [0.2, 0.25) is 0 Å². The molecule has 1 aliphatic carbocycles. The summed E-state index contributed by atoms with van der Waals surface area (Å²) >= 11 is 0. The predicted molar refractivity (Wildman–Crippen MR) is 65.5 cm³/mol. The Kier molecular flexibility index (Phi) is 5.58. The van der Waals surface area contributed by atoms with Crippen molar-refractivity contribution in [2.75, 3.05) is 13.2 Å². The highest BCUT2D eigenvalue weighted by Crippen LogP contribution is 2.26. The number of ketones is 1. The van der Waals surface area contributed by atoms with Crippen molar-refractivity contribution >= 4 is 5.78 Å². The normalized spacial score (nSPS) is 16.1. The molecule has 1 heterocycles. The third-order valence-electron chi connectivity index (χ3n) is 3.36. The quantitative estimate of drug-likeness (QED) is 0.686. The summed E-state index contributed by atoms with van der Waals surface area (Å²) in [6, 6.07) is 0. The fourth-order valence-corrected chi connectivity index (χ4v) is 2.34. The Bertz CT molecular complexity index is 431. The molecule has 0 spiro atoms. The maximum absolute atomic E-state index is 11.9. The first-order chi connectivity index (χ1) is 9.65. The largest absolute Gasteiger partial charge is 0.375 e. The second kappa shape index (κ2) is 7.42. The number of rotatable bonds is 8. The van der Waals surface area contributed by atoms with Gasteiger partial charge < -0.3 is 9.26 Å². The molecule has 1 fully saturated rings. The molecule has 112 valence electrons. The van der Waals surface area contributed by atoms with E-state index in [4.69, 9.17) is 9.26 Å². The van der Waals surface area contributed by atoms with Crippen molar-refractivity contribution in [3.8, 4) is 0 Å². The van der Waals surface area contributed by atoms with Crippen LogP contribution in [0.4, 0.5) is 8.78 Å². The van der Waals surface area contributed by atoms with Crippen LogP contribution in [0.15, 0.2) is 4.52 Å². The van der Waals surface area contributed by atoms with E-state index >= 15 is 0 Å². The van der Waals surface area contributed by atoms with Crippen molar-refractivity contribution in [3.63, 3.8) is 0 Å². The van der Waals surface area contributed by atoms with Gasteiger partial charge in [0.2, 0.25) is 5.89 Å². The first-order valence-corrected chi connectivity index (χ1v) is 6.85. The average molecular weight is 288 g/mol. The Balaban J connectivity index is 1.72. The van der Waals surface area contributed by atoms with E-state index in [0.717, 1.165) is 25.7 Å². The highest BCUT2D eigenvalue weighted by atomic mass is 19.3. The molecular weight excluding hydrogens is 270 g/mol. The summed E-state index contributed by atoms with van der Waals surface area (Å²) in [5.41, 5.74) is 0. The summed E-state index contributed by atoms with van der Waals surface area (Å²) in [5, 5.41) is 3.71. The van der Waals surface area contributed by atoms with Crippen LogP contribution >= 0.6 is 0 Å². The van der Waals surface area contributed by atoms with Crippen LogP contribution in [-0.4, -0.2) is 35.6 Å².